The minimum Gasteiger partial charge on any atom is -0.353 e. The first-order chi connectivity index (χ1) is 21.6. The van der Waals surface area contributed by atoms with Crippen LogP contribution in [0.3, 0.4) is 0 Å². The molecule has 1 atom stereocenters. The Labute approximate surface area is 274 Å². The average molecular weight is 687 g/mol. The third-order valence-electron chi connectivity index (χ3n) is 8.52. The minimum atomic E-state index is -4.20. The van der Waals surface area contributed by atoms with Crippen molar-refractivity contribution in [2.45, 2.75) is 71.8 Å². The molecule has 1 aromatic carbocycles. The van der Waals surface area contributed by atoms with E-state index in [4.69, 9.17) is 23.2 Å². The standard InChI is InChI=1S/C31H37Cl2F4N7O2/c1-30(2,3)28(46)39-14-17-6-9-21(32)24(23(17)33)41-29-40-22-12-20(26(42-25(22)43-29)44-11-10-19(34)15-44)27(45)38-13-16-4-7-18(8-5-16)31(35,36)37/h6,9,12,16,18-19H,4-5,7-8,10-11,13-15H2,1-3H3,(H,38,45)(H,39,46)(H2,40,41,42,43)/t16?,18?,19-/m1/s1. The van der Waals surface area contributed by atoms with E-state index < -0.39 is 29.6 Å². The third-order valence-corrected chi connectivity index (χ3v) is 9.27. The number of hydrogen-bond donors (Lipinski definition) is 4. The summed E-state index contributed by atoms with van der Waals surface area (Å²) in [7, 11) is 0. The summed E-state index contributed by atoms with van der Waals surface area (Å²) in [5, 5.41) is 9.39. The molecule has 9 nitrogen and oxygen atoms in total. The van der Waals surface area contributed by atoms with Gasteiger partial charge in [-0.25, -0.2) is 9.37 Å². The monoisotopic (exact) mass is 685 g/mol. The molecule has 5 rings (SSSR count). The van der Waals surface area contributed by atoms with Gasteiger partial charge in [0.2, 0.25) is 11.9 Å². The van der Waals surface area contributed by atoms with Crippen molar-refractivity contribution in [2.24, 2.45) is 17.3 Å². The highest BCUT2D eigenvalue weighted by molar-refractivity contribution is 6.39. The Morgan fingerprint density at radius 1 is 1.04 bits per heavy atom. The van der Waals surface area contributed by atoms with E-state index >= 15 is 0 Å². The number of nitrogens with one attached hydrogen (secondary N) is 4. The molecular weight excluding hydrogens is 649 g/mol. The van der Waals surface area contributed by atoms with Gasteiger partial charge in [-0.15, -0.1) is 0 Å². The van der Waals surface area contributed by atoms with Crippen molar-refractivity contribution in [1.82, 2.24) is 25.6 Å². The van der Waals surface area contributed by atoms with Crippen molar-refractivity contribution in [1.29, 1.82) is 0 Å². The maximum absolute atomic E-state index is 14.2. The van der Waals surface area contributed by atoms with Crippen LogP contribution in [0.5, 0.6) is 0 Å². The normalized spacial score (nSPS) is 20.6. The van der Waals surface area contributed by atoms with Crippen LogP contribution in [0.1, 0.15) is 68.8 Å². The largest absolute Gasteiger partial charge is 0.391 e. The number of fused-ring (bicyclic) bond motifs is 1. The summed E-state index contributed by atoms with van der Waals surface area (Å²) in [6, 6.07) is 4.94. The zero-order chi connectivity index (χ0) is 33.4. The van der Waals surface area contributed by atoms with Gasteiger partial charge in [0.1, 0.15) is 12.0 Å². The highest BCUT2D eigenvalue weighted by Gasteiger charge is 2.41. The summed E-state index contributed by atoms with van der Waals surface area (Å²) in [5.74, 6) is -1.46. The number of alkyl halides is 4. The number of aromatic nitrogens is 3. The zero-order valence-electron chi connectivity index (χ0n) is 25.8. The second kappa shape index (κ2) is 13.4. The Hall–Kier alpha value is -3.32. The Balaban J connectivity index is 1.36. The lowest BCUT2D eigenvalue weighted by molar-refractivity contribution is -0.183. The van der Waals surface area contributed by atoms with Gasteiger partial charge in [-0.05, 0) is 55.7 Å². The van der Waals surface area contributed by atoms with Gasteiger partial charge < -0.3 is 25.8 Å². The lowest BCUT2D eigenvalue weighted by Gasteiger charge is -2.30. The number of amides is 2. The second-order valence-electron chi connectivity index (χ2n) is 13.1. The number of anilines is 3. The van der Waals surface area contributed by atoms with Gasteiger partial charge in [-0.2, -0.15) is 18.2 Å². The number of carbonyl (C=O) groups is 2. The molecule has 3 heterocycles. The molecule has 0 bridgehead atoms. The van der Waals surface area contributed by atoms with Crippen LogP contribution in [-0.2, 0) is 11.3 Å². The zero-order valence-corrected chi connectivity index (χ0v) is 27.3. The maximum atomic E-state index is 14.2. The molecule has 0 radical (unpaired) electrons. The molecule has 250 valence electrons. The Morgan fingerprint density at radius 3 is 2.39 bits per heavy atom. The first-order valence-electron chi connectivity index (χ1n) is 15.3. The van der Waals surface area contributed by atoms with E-state index in [0.717, 1.165) is 0 Å². The van der Waals surface area contributed by atoms with Crippen molar-refractivity contribution >= 4 is 63.6 Å². The van der Waals surface area contributed by atoms with Gasteiger partial charge in [0.25, 0.3) is 5.91 Å². The number of imidazole rings is 1. The summed E-state index contributed by atoms with van der Waals surface area (Å²) in [6.45, 7) is 6.26. The molecule has 0 unspecified atom stereocenters. The lowest BCUT2D eigenvalue weighted by Crippen LogP contribution is -2.35. The summed E-state index contributed by atoms with van der Waals surface area (Å²) in [4.78, 5) is 39.7. The molecule has 2 aliphatic rings. The number of rotatable bonds is 8. The van der Waals surface area contributed by atoms with Crippen LogP contribution in [0.2, 0.25) is 10.0 Å². The molecule has 4 N–H and O–H groups in total. The number of carbonyl (C=O) groups excluding carboxylic acids is 2. The van der Waals surface area contributed by atoms with Crippen molar-refractivity contribution < 1.29 is 27.2 Å². The first kappa shape index (κ1) is 34.0. The van der Waals surface area contributed by atoms with E-state index in [1.165, 1.54) is 0 Å². The lowest BCUT2D eigenvalue weighted by atomic mass is 9.81. The van der Waals surface area contributed by atoms with E-state index in [-0.39, 0.29) is 72.3 Å². The van der Waals surface area contributed by atoms with Crippen molar-refractivity contribution in [3.8, 4) is 0 Å². The first-order valence-corrected chi connectivity index (χ1v) is 16.0. The SMILES string of the molecule is CC(C)(C)C(=O)NCc1ccc(Cl)c(Nc2nc3nc(N4CC[C@@H](F)C4)c(C(=O)NCC4CCC(C(F)(F)F)CC4)cc3[nH]2)c1Cl. The van der Waals surface area contributed by atoms with Crippen LogP contribution >= 0.6 is 23.2 Å². The molecule has 2 fully saturated rings. The minimum absolute atomic E-state index is 0.0425. The molecule has 3 aromatic rings. The number of benzene rings is 1. The molecule has 0 spiro atoms. The molecule has 1 saturated carbocycles. The number of aromatic amines is 1. The van der Waals surface area contributed by atoms with E-state index in [1.807, 2.05) is 0 Å². The van der Waals surface area contributed by atoms with Gasteiger partial charge in [0, 0.05) is 25.0 Å². The number of H-pyrrole nitrogens is 1. The summed E-state index contributed by atoms with van der Waals surface area (Å²) in [6.07, 6.45) is -4.15. The number of nitrogens with zero attached hydrogens (tertiary/aromatic N) is 3. The Bertz CT molecular complexity index is 1600. The average Bonchev–Trinajstić information content (AvgIpc) is 3.61. The molecule has 15 heteroatoms. The van der Waals surface area contributed by atoms with Crippen LogP contribution in [0.4, 0.5) is 35.0 Å². The summed E-state index contributed by atoms with van der Waals surface area (Å²) < 4.78 is 53.4. The van der Waals surface area contributed by atoms with E-state index in [2.05, 4.69) is 30.9 Å². The molecule has 46 heavy (non-hydrogen) atoms. The number of halogens is 6. The Kier molecular flexibility index (Phi) is 9.93. The van der Waals surface area contributed by atoms with Gasteiger partial charge >= 0.3 is 6.18 Å². The molecule has 1 aliphatic heterocycles. The van der Waals surface area contributed by atoms with Crippen LogP contribution < -0.4 is 20.9 Å². The summed E-state index contributed by atoms with van der Waals surface area (Å²) >= 11 is 13.1. The van der Waals surface area contributed by atoms with Gasteiger partial charge in [-0.3, -0.25) is 9.59 Å². The third kappa shape index (κ3) is 7.79. The highest BCUT2D eigenvalue weighted by atomic mass is 35.5. The fourth-order valence-electron chi connectivity index (χ4n) is 5.74. The van der Waals surface area contributed by atoms with Crippen LogP contribution in [-0.4, -0.2) is 58.7 Å². The fourth-order valence-corrected chi connectivity index (χ4v) is 6.27. The molecule has 1 aliphatic carbocycles. The van der Waals surface area contributed by atoms with Crippen LogP contribution in [0.15, 0.2) is 18.2 Å². The highest BCUT2D eigenvalue weighted by Crippen LogP contribution is 2.40. The van der Waals surface area contributed by atoms with E-state index in [1.54, 1.807) is 43.9 Å². The quantitative estimate of drug-likeness (QED) is 0.185. The smallest absolute Gasteiger partial charge is 0.353 e. The molecule has 1 saturated heterocycles. The molecule has 2 amide bonds. The fraction of sp³-hybridized carbons (Fsp3) is 0.548. The molecular formula is C31H37Cl2F4N7O2. The van der Waals surface area contributed by atoms with Crippen molar-refractivity contribution in [3.63, 3.8) is 0 Å². The summed E-state index contributed by atoms with van der Waals surface area (Å²) in [5.41, 5.74) is 1.29. The van der Waals surface area contributed by atoms with E-state index in [9.17, 15) is 27.2 Å². The Morgan fingerprint density at radius 2 is 1.76 bits per heavy atom. The number of hydrogen-bond acceptors (Lipinski definition) is 6. The van der Waals surface area contributed by atoms with E-state index in [0.29, 0.717) is 47.6 Å². The predicted molar refractivity (Wildman–Crippen MR) is 170 cm³/mol. The van der Waals surface area contributed by atoms with Crippen molar-refractivity contribution in [2.75, 3.05) is 29.9 Å². The topological polar surface area (TPSA) is 115 Å². The second-order valence-corrected chi connectivity index (χ2v) is 13.9. The molecule has 2 aromatic heterocycles. The maximum Gasteiger partial charge on any atom is 0.391 e. The van der Waals surface area contributed by atoms with Crippen LogP contribution in [0.25, 0.3) is 11.2 Å². The van der Waals surface area contributed by atoms with Gasteiger partial charge in [-0.1, -0.05) is 50.0 Å². The van der Waals surface area contributed by atoms with Crippen LogP contribution in [0, 0.1) is 17.3 Å². The van der Waals surface area contributed by atoms with Gasteiger partial charge in [0.15, 0.2) is 5.65 Å². The van der Waals surface area contributed by atoms with Crippen molar-refractivity contribution in [3.05, 3.63) is 39.4 Å². The predicted octanol–water partition coefficient (Wildman–Crippen LogP) is 7.32. The van der Waals surface area contributed by atoms with Gasteiger partial charge in [0.05, 0.1) is 39.3 Å². The number of pyridine rings is 1.